The van der Waals surface area contributed by atoms with E-state index in [-0.39, 0.29) is 12.3 Å². The third kappa shape index (κ3) is 4.39. The Bertz CT molecular complexity index is 977. The zero-order valence-corrected chi connectivity index (χ0v) is 15.1. The van der Waals surface area contributed by atoms with Crippen LogP contribution in [0.5, 0.6) is 0 Å². The number of carbonyl (C=O) groups excluding carboxylic acids is 1. The number of nitrogens with zero attached hydrogens (tertiary/aromatic N) is 3. The molecule has 1 amide bonds. The smallest absolute Gasteiger partial charge is 0.247 e. The lowest BCUT2D eigenvalue weighted by molar-refractivity contribution is -0.120. The summed E-state index contributed by atoms with van der Waals surface area (Å²) in [6, 6.07) is 9.64. The molecule has 27 heavy (non-hydrogen) atoms. The number of rotatable bonds is 6. The Balaban J connectivity index is 1.34. The SMILES string of the molecule is O=C(Cc1nnc(-c2ccc3ncccc3c2)o1)NCCC1=CCCCC1. The zero-order chi connectivity index (χ0) is 18.5. The normalized spacial score (nSPS) is 14.1. The van der Waals surface area contributed by atoms with E-state index in [1.807, 2.05) is 30.3 Å². The first-order valence-electron chi connectivity index (χ1n) is 9.40. The number of hydrogen-bond acceptors (Lipinski definition) is 5. The van der Waals surface area contributed by atoms with Crippen LogP contribution < -0.4 is 5.32 Å². The van der Waals surface area contributed by atoms with Gasteiger partial charge in [0, 0.05) is 23.7 Å². The van der Waals surface area contributed by atoms with E-state index in [4.69, 9.17) is 4.42 Å². The second-order valence-electron chi connectivity index (χ2n) is 6.80. The number of allylic oxidation sites excluding steroid dienone is 1. The standard InChI is InChI=1S/C21H22N4O2/c26-19(23-12-10-15-5-2-1-3-6-15)14-20-24-25-21(27-20)17-8-9-18-16(13-17)7-4-11-22-18/h4-5,7-9,11,13H,1-3,6,10,12,14H2,(H,23,26). The van der Waals surface area contributed by atoms with E-state index in [2.05, 4.69) is 26.6 Å². The number of hydrogen-bond donors (Lipinski definition) is 1. The van der Waals surface area contributed by atoms with Gasteiger partial charge in [0.2, 0.25) is 17.7 Å². The number of carbonyl (C=O) groups is 1. The summed E-state index contributed by atoms with van der Waals surface area (Å²) in [6.07, 6.45) is 9.95. The molecule has 6 heteroatoms. The molecule has 1 aliphatic carbocycles. The van der Waals surface area contributed by atoms with Gasteiger partial charge in [0.25, 0.3) is 0 Å². The first kappa shape index (κ1) is 17.4. The van der Waals surface area contributed by atoms with Gasteiger partial charge in [0.1, 0.15) is 6.42 Å². The van der Waals surface area contributed by atoms with Crippen molar-refractivity contribution < 1.29 is 9.21 Å². The Hall–Kier alpha value is -3.02. The quantitative estimate of drug-likeness (QED) is 0.674. The van der Waals surface area contributed by atoms with Crippen molar-refractivity contribution in [3.63, 3.8) is 0 Å². The molecular formula is C21H22N4O2. The van der Waals surface area contributed by atoms with Crippen LogP contribution in [0.15, 0.2) is 52.6 Å². The van der Waals surface area contributed by atoms with Gasteiger partial charge >= 0.3 is 0 Å². The van der Waals surface area contributed by atoms with E-state index in [1.165, 1.54) is 24.8 Å². The second kappa shape index (κ2) is 8.12. The molecule has 0 bridgehead atoms. The minimum absolute atomic E-state index is 0.0932. The average Bonchev–Trinajstić information content (AvgIpc) is 3.17. The Morgan fingerprint density at radius 2 is 2.15 bits per heavy atom. The number of pyridine rings is 1. The van der Waals surface area contributed by atoms with Gasteiger partial charge in [-0.15, -0.1) is 10.2 Å². The molecule has 1 aromatic carbocycles. The van der Waals surface area contributed by atoms with Crippen LogP contribution in [0.2, 0.25) is 0 Å². The fourth-order valence-corrected chi connectivity index (χ4v) is 3.34. The number of benzene rings is 1. The van der Waals surface area contributed by atoms with Crippen molar-refractivity contribution in [1.29, 1.82) is 0 Å². The molecule has 0 atom stereocenters. The Morgan fingerprint density at radius 1 is 1.19 bits per heavy atom. The van der Waals surface area contributed by atoms with Gasteiger partial charge in [0.05, 0.1) is 5.52 Å². The van der Waals surface area contributed by atoms with Crippen molar-refractivity contribution >= 4 is 16.8 Å². The van der Waals surface area contributed by atoms with E-state index in [0.29, 0.717) is 18.3 Å². The van der Waals surface area contributed by atoms with Crippen molar-refractivity contribution in [2.45, 2.75) is 38.5 Å². The topological polar surface area (TPSA) is 80.9 Å². The predicted octanol–water partition coefficient (Wildman–Crippen LogP) is 3.83. The highest BCUT2D eigenvalue weighted by atomic mass is 16.4. The highest BCUT2D eigenvalue weighted by molar-refractivity contribution is 5.82. The molecule has 0 spiro atoms. The van der Waals surface area contributed by atoms with Gasteiger partial charge in [-0.3, -0.25) is 9.78 Å². The Kier molecular flexibility index (Phi) is 5.23. The number of fused-ring (bicyclic) bond motifs is 1. The van der Waals surface area contributed by atoms with Crippen molar-refractivity contribution in [3.8, 4) is 11.5 Å². The summed E-state index contributed by atoms with van der Waals surface area (Å²) in [6.45, 7) is 0.656. The molecule has 0 saturated heterocycles. The molecule has 2 aromatic heterocycles. The van der Waals surface area contributed by atoms with E-state index >= 15 is 0 Å². The Labute approximate surface area is 157 Å². The largest absolute Gasteiger partial charge is 0.420 e. The van der Waals surface area contributed by atoms with Crippen LogP contribution in [0.1, 0.15) is 38.0 Å². The van der Waals surface area contributed by atoms with E-state index in [9.17, 15) is 4.79 Å². The highest BCUT2D eigenvalue weighted by Crippen LogP contribution is 2.22. The molecule has 0 aliphatic heterocycles. The van der Waals surface area contributed by atoms with Gasteiger partial charge in [-0.05, 0) is 56.4 Å². The van der Waals surface area contributed by atoms with Crippen LogP contribution in [-0.2, 0) is 11.2 Å². The lowest BCUT2D eigenvalue weighted by Crippen LogP contribution is -2.26. The lowest BCUT2D eigenvalue weighted by atomic mass is 9.97. The predicted molar refractivity (Wildman–Crippen MR) is 103 cm³/mol. The van der Waals surface area contributed by atoms with Gasteiger partial charge < -0.3 is 9.73 Å². The van der Waals surface area contributed by atoms with Crippen LogP contribution in [0.25, 0.3) is 22.4 Å². The van der Waals surface area contributed by atoms with Crippen molar-refractivity contribution in [2.24, 2.45) is 0 Å². The number of amides is 1. The molecule has 6 nitrogen and oxygen atoms in total. The molecular weight excluding hydrogens is 340 g/mol. The lowest BCUT2D eigenvalue weighted by Gasteiger charge is -2.12. The van der Waals surface area contributed by atoms with Gasteiger partial charge in [-0.25, -0.2) is 0 Å². The maximum absolute atomic E-state index is 12.1. The molecule has 0 radical (unpaired) electrons. The van der Waals surface area contributed by atoms with E-state index in [1.54, 1.807) is 6.20 Å². The highest BCUT2D eigenvalue weighted by Gasteiger charge is 2.13. The molecule has 0 saturated carbocycles. The van der Waals surface area contributed by atoms with Gasteiger partial charge in [0.15, 0.2) is 0 Å². The Morgan fingerprint density at radius 3 is 3.04 bits per heavy atom. The first-order chi connectivity index (χ1) is 13.3. The summed E-state index contributed by atoms with van der Waals surface area (Å²) in [4.78, 5) is 16.4. The van der Waals surface area contributed by atoms with Crippen LogP contribution >= 0.6 is 0 Å². The van der Waals surface area contributed by atoms with E-state index in [0.717, 1.165) is 29.3 Å². The number of aromatic nitrogens is 3. The van der Waals surface area contributed by atoms with Crippen LogP contribution in [0.3, 0.4) is 0 Å². The number of nitrogens with one attached hydrogen (secondary N) is 1. The van der Waals surface area contributed by atoms with Crippen molar-refractivity contribution in [2.75, 3.05) is 6.54 Å². The molecule has 3 aromatic rings. The molecule has 0 fully saturated rings. The maximum Gasteiger partial charge on any atom is 0.247 e. The molecule has 138 valence electrons. The zero-order valence-electron chi connectivity index (χ0n) is 15.1. The third-order valence-electron chi connectivity index (χ3n) is 4.78. The summed E-state index contributed by atoms with van der Waals surface area (Å²) in [7, 11) is 0. The summed E-state index contributed by atoms with van der Waals surface area (Å²) in [5, 5.41) is 12.0. The van der Waals surface area contributed by atoms with Crippen LogP contribution in [0, 0.1) is 0 Å². The monoisotopic (exact) mass is 362 g/mol. The van der Waals surface area contributed by atoms with Crippen LogP contribution in [0.4, 0.5) is 0 Å². The molecule has 4 rings (SSSR count). The van der Waals surface area contributed by atoms with Gasteiger partial charge in [-0.1, -0.05) is 17.7 Å². The molecule has 1 aliphatic rings. The summed E-state index contributed by atoms with van der Waals surface area (Å²) in [5.41, 5.74) is 3.18. The molecule has 1 N–H and O–H groups in total. The summed E-state index contributed by atoms with van der Waals surface area (Å²) >= 11 is 0. The molecule has 2 heterocycles. The van der Waals surface area contributed by atoms with Gasteiger partial charge in [-0.2, -0.15) is 0 Å². The minimum atomic E-state index is -0.0932. The maximum atomic E-state index is 12.1. The fourth-order valence-electron chi connectivity index (χ4n) is 3.34. The van der Waals surface area contributed by atoms with Crippen molar-refractivity contribution in [3.05, 3.63) is 54.1 Å². The summed E-state index contributed by atoms with van der Waals surface area (Å²) in [5.74, 6) is 0.644. The molecule has 0 unspecified atom stereocenters. The van der Waals surface area contributed by atoms with Crippen LogP contribution in [-0.4, -0.2) is 27.6 Å². The van der Waals surface area contributed by atoms with E-state index < -0.39 is 0 Å². The van der Waals surface area contributed by atoms with Crippen molar-refractivity contribution in [1.82, 2.24) is 20.5 Å². The first-order valence-corrected chi connectivity index (χ1v) is 9.40. The fraction of sp³-hybridized carbons (Fsp3) is 0.333. The third-order valence-corrected chi connectivity index (χ3v) is 4.78. The minimum Gasteiger partial charge on any atom is -0.420 e. The average molecular weight is 362 g/mol. The second-order valence-corrected chi connectivity index (χ2v) is 6.80. The summed E-state index contributed by atoms with van der Waals surface area (Å²) < 4.78 is 5.67.